The molecule has 1 atom stereocenters. The maximum Gasteiger partial charge on any atom is 0.243 e. The number of methoxy groups -OCH3 is 1. The highest BCUT2D eigenvalue weighted by Gasteiger charge is 2.30. The molecular weight excluding hydrogens is 436 g/mol. The van der Waals surface area contributed by atoms with Crippen molar-refractivity contribution < 1.29 is 14.3 Å². The Bertz CT molecular complexity index is 1080. The fraction of sp³-hybridized carbons (Fsp3) is 0.333. The molecule has 0 aromatic heterocycles. The van der Waals surface area contributed by atoms with Crippen molar-refractivity contribution in [3.63, 3.8) is 0 Å². The summed E-state index contributed by atoms with van der Waals surface area (Å²) in [6, 6.07) is 24.9. The number of ether oxygens (including phenoxy) is 1. The van der Waals surface area contributed by atoms with Crippen LogP contribution < -0.4 is 10.1 Å². The minimum absolute atomic E-state index is 0.0803. The summed E-state index contributed by atoms with van der Waals surface area (Å²) < 4.78 is 5.25. The van der Waals surface area contributed by atoms with Gasteiger partial charge in [0.2, 0.25) is 11.8 Å². The summed E-state index contributed by atoms with van der Waals surface area (Å²) in [5.41, 5.74) is 4.04. The molecule has 2 amide bonds. The Morgan fingerprint density at radius 3 is 2.29 bits per heavy atom. The third-order valence-corrected chi connectivity index (χ3v) is 6.05. The van der Waals surface area contributed by atoms with E-state index in [1.54, 1.807) is 12.0 Å². The Kier molecular flexibility index (Phi) is 9.91. The first-order chi connectivity index (χ1) is 17.0. The lowest BCUT2D eigenvalue weighted by Crippen LogP contribution is -2.51. The number of carbonyl (C=O) groups is 2. The van der Waals surface area contributed by atoms with Crippen LogP contribution in [0.5, 0.6) is 5.75 Å². The van der Waals surface area contributed by atoms with Gasteiger partial charge in [-0.1, -0.05) is 85.6 Å². The summed E-state index contributed by atoms with van der Waals surface area (Å²) in [6.07, 6.45) is 2.57. The number of carbonyl (C=O) groups excluding carboxylic acids is 2. The van der Waals surface area contributed by atoms with Gasteiger partial charge in [-0.3, -0.25) is 9.59 Å². The quantitative estimate of drug-likeness (QED) is 0.373. The standard InChI is InChI=1S/C30H36N2O3/c1-4-5-18-31-30(34)28(20-24-11-7-6-8-12-24)32(22-26-13-9-10-23(2)19-26)29(33)21-25-14-16-27(35-3)17-15-25/h6-17,19,28H,4-5,18,20-22H2,1-3H3,(H,31,34). The summed E-state index contributed by atoms with van der Waals surface area (Å²) in [5.74, 6) is 0.552. The second-order valence-electron chi connectivity index (χ2n) is 8.89. The van der Waals surface area contributed by atoms with Crippen molar-refractivity contribution in [3.05, 3.63) is 101 Å². The van der Waals surface area contributed by atoms with Crippen molar-refractivity contribution in [2.24, 2.45) is 0 Å². The summed E-state index contributed by atoms with van der Waals surface area (Å²) in [7, 11) is 1.62. The second kappa shape index (κ2) is 13.3. The highest BCUT2D eigenvalue weighted by molar-refractivity contribution is 5.88. The van der Waals surface area contributed by atoms with Crippen molar-refractivity contribution in [3.8, 4) is 5.75 Å². The van der Waals surface area contributed by atoms with E-state index in [1.165, 1.54) is 0 Å². The number of amides is 2. The van der Waals surface area contributed by atoms with Gasteiger partial charge >= 0.3 is 0 Å². The van der Waals surface area contributed by atoms with Gasteiger partial charge in [-0.05, 0) is 42.2 Å². The molecule has 1 N–H and O–H groups in total. The predicted octanol–water partition coefficient (Wildman–Crippen LogP) is 5.10. The Balaban J connectivity index is 1.92. The molecule has 1 unspecified atom stereocenters. The lowest BCUT2D eigenvalue weighted by atomic mass is 10.0. The number of rotatable bonds is 12. The van der Waals surface area contributed by atoms with Crippen LogP contribution in [-0.4, -0.2) is 36.4 Å². The molecule has 35 heavy (non-hydrogen) atoms. The zero-order valence-electron chi connectivity index (χ0n) is 21.0. The molecule has 0 radical (unpaired) electrons. The Labute approximate surface area is 209 Å². The fourth-order valence-corrected chi connectivity index (χ4v) is 4.09. The van der Waals surface area contributed by atoms with E-state index in [-0.39, 0.29) is 18.2 Å². The van der Waals surface area contributed by atoms with E-state index in [0.717, 1.165) is 40.8 Å². The normalized spacial score (nSPS) is 11.5. The van der Waals surface area contributed by atoms with E-state index in [2.05, 4.69) is 18.3 Å². The smallest absolute Gasteiger partial charge is 0.243 e. The number of unbranched alkanes of at least 4 members (excludes halogenated alkanes) is 1. The van der Waals surface area contributed by atoms with E-state index in [0.29, 0.717) is 19.5 Å². The fourth-order valence-electron chi connectivity index (χ4n) is 4.09. The molecule has 0 heterocycles. The van der Waals surface area contributed by atoms with Crippen LogP contribution in [0.3, 0.4) is 0 Å². The lowest BCUT2D eigenvalue weighted by molar-refractivity contribution is -0.140. The monoisotopic (exact) mass is 472 g/mol. The number of aryl methyl sites for hydroxylation is 1. The lowest BCUT2D eigenvalue weighted by Gasteiger charge is -2.32. The third kappa shape index (κ3) is 7.99. The van der Waals surface area contributed by atoms with Crippen LogP contribution in [0.25, 0.3) is 0 Å². The Morgan fingerprint density at radius 2 is 1.63 bits per heavy atom. The minimum atomic E-state index is -0.611. The van der Waals surface area contributed by atoms with Gasteiger partial charge in [0.25, 0.3) is 0 Å². The molecule has 0 saturated heterocycles. The number of benzene rings is 3. The van der Waals surface area contributed by atoms with Crippen molar-refractivity contribution in [2.45, 2.75) is 52.1 Å². The largest absolute Gasteiger partial charge is 0.497 e. The van der Waals surface area contributed by atoms with E-state index in [4.69, 9.17) is 4.74 Å². The SMILES string of the molecule is CCCCNC(=O)C(Cc1ccccc1)N(Cc1cccc(C)c1)C(=O)Cc1ccc(OC)cc1. The molecule has 0 spiro atoms. The molecule has 3 aromatic rings. The van der Waals surface area contributed by atoms with Gasteiger partial charge in [0.05, 0.1) is 13.5 Å². The first kappa shape index (κ1) is 26.0. The number of nitrogens with one attached hydrogen (secondary N) is 1. The third-order valence-electron chi connectivity index (χ3n) is 6.05. The molecule has 5 heteroatoms. The zero-order valence-corrected chi connectivity index (χ0v) is 21.0. The first-order valence-electron chi connectivity index (χ1n) is 12.3. The van der Waals surface area contributed by atoms with E-state index in [1.807, 2.05) is 79.7 Å². The van der Waals surface area contributed by atoms with Crippen LogP contribution in [0.1, 0.15) is 42.0 Å². The Hall–Kier alpha value is -3.60. The molecule has 0 aliphatic rings. The van der Waals surface area contributed by atoms with Gasteiger partial charge in [0.15, 0.2) is 0 Å². The van der Waals surface area contributed by atoms with Crippen LogP contribution >= 0.6 is 0 Å². The Morgan fingerprint density at radius 1 is 0.914 bits per heavy atom. The van der Waals surface area contributed by atoms with Crippen LogP contribution in [0.4, 0.5) is 0 Å². The highest BCUT2D eigenvalue weighted by atomic mass is 16.5. The van der Waals surface area contributed by atoms with Gasteiger partial charge in [-0.15, -0.1) is 0 Å². The molecule has 0 aliphatic carbocycles. The number of nitrogens with zero attached hydrogens (tertiary/aromatic N) is 1. The topological polar surface area (TPSA) is 58.6 Å². The molecule has 3 aromatic carbocycles. The van der Waals surface area contributed by atoms with E-state index >= 15 is 0 Å². The van der Waals surface area contributed by atoms with Crippen molar-refractivity contribution in [1.29, 1.82) is 0 Å². The van der Waals surface area contributed by atoms with Crippen molar-refractivity contribution >= 4 is 11.8 Å². The average Bonchev–Trinajstić information content (AvgIpc) is 2.87. The minimum Gasteiger partial charge on any atom is -0.497 e. The molecular formula is C30H36N2O3. The van der Waals surface area contributed by atoms with Gasteiger partial charge < -0.3 is 15.0 Å². The molecule has 0 fully saturated rings. The summed E-state index contributed by atoms with van der Waals surface area (Å²) in [4.78, 5) is 28.9. The summed E-state index contributed by atoms with van der Waals surface area (Å²) in [6.45, 7) is 5.10. The predicted molar refractivity (Wildman–Crippen MR) is 140 cm³/mol. The van der Waals surface area contributed by atoms with Crippen LogP contribution in [0, 0.1) is 6.92 Å². The molecule has 0 saturated carbocycles. The average molecular weight is 473 g/mol. The first-order valence-corrected chi connectivity index (χ1v) is 12.3. The second-order valence-corrected chi connectivity index (χ2v) is 8.89. The zero-order chi connectivity index (χ0) is 25.0. The van der Waals surface area contributed by atoms with Crippen LogP contribution in [0.2, 0.25) is 0 Å². The number of hydrogen-bond acceptors (Lipinski definition) is 3. The van der Waals surface area contributed by atoms with Crippen LogP contribution in [0.15, 0.2) is 78.9 Å². The highest BCUT2D eigenvalue weighted by Crippen LogP contribution is 2.18. The van der Waals surface area contributed by atoms with E-state index < -0.39 is 6.04 Å². The van der Waals surface area contributed by atoms with Gasteiger partial charge in [-0.2, -0.15) is 0 Å². The van der Waals surface area contributed by atoms with Crippen molar-refractivity contribution in [1.82, 2.24) is 10.2 Å². The van der Waals surface area contributed by atoms with Gasteiger partial charge in [-0.25, -0.2) is 0 Å². The summed E-state index contributed by atoms with van der Waals surface area (Å²) >= 11 is 0. The van der Waals surface area contributed by atoms with Gasteiger partial charge in [0, 0.05) is 19.5 Å². The maximum atomic E-state index is 13.7. The maximum absolute atomic E-state index is 13.7. The summed E-state index contributed by atoms with van der Waals surface area (Å²) in [5, 5.41) is 3.07. The molecule has 3 rings (SSSR count). The molecule has 5 nitrogen and oxygen atoms in total. The molecule has 0 bridgehead atoms. The number of hydrogen-bond donors (Lipinski definition) is 1. The van der Waals surface area contributed by atoms with Crippen LogP contribution in [-0.2, 0) is 29.0 Å². The molecule has 0 aliphatic heterocycles. The van der Waals surface area contributed by atoms with E-state index in [9.17, 15) is 9.59 Å². The molecule has 184 valence electrons. The van der Waals surface area contributed by atoms with Crippen molar-refractivity contribution in [2.75, 3.05) is 13.7 Å². The van der Waals surface area contributed by atoms with Gasteiger partial charge in [0.1, 0.15) is 11.8 Å².